The topological polar surface area (TPSA) is 77.2 Å². The second-order valence-corrected chi connectivity index (χ2v) is 8.86. The number of carbonyl (C=O) groups excluding carboxylic acids is 1. The third-order valence-electron chi connectivity index (χ3n) is 6.56. The molecule has 5 rings (SSSR count). The Morgan fingerprint density at radius 1 is 0.912 bits per heavy atom. The summed E-state index contributed by atoms with van der Waals surface area (Å²) < 4.78 is 61.2. The van der Waals surface area contributed by atoms with Gasteiger partial charge in [-0.2, -0.15) is 17.6 Å². The molecule has 2 aromatic rings. The van der Waals surface area contributed by atoms with Crippen molar-refractivity contribution in [1.29, 1.82) is 0 Å². The molecular formula is C24H23F4N3O3. The Morgan fingerprint density at radius 3 is 1.68 bits per heavy atom. The Balaban J connectivity index is 1.67. The maximum Gasteiger partial charge on any atom is 0.387 e. The number of nitrogens with two attached hydrogens (primary N) is 1. The first-order chi connectivity index (χ1) is 16.2. The predicted octanol–water partition coefficient (Wildman–Crippen LogP) is 4.67. The van der Waals surface area contributed by atoms with E-state index >= 15 is 0 Å². The summed E-state index contributed by atoms with van der Waals surface area (Å²) in [5.41, 5.74) is 6.49. The molecule has 1 amide bonds. The predicted molar refractivity (Wildman–Crippen MR) is 115 cm³/mol. The quantitative estimate of drug-likeness (QED) is 0.561. The van der Waals surface area contributed by atoms with Crippen molar-refractivity contribution >= 4 is 11.9 Å². The van der Waals surface area contributed by atoms with E-state index in [1.807, 2.05) is 0 Å². The largest absolute Gasteiger partial charge is 0.435 e. The lowest BCUT2D eigenvalue weighted by molar-refractivity contribution is -0.129. The number of aliphatic imine (C=N–C) groups is 1. The zero-order chi connectivity index (χ0) is 24.2. The highest BCUT2D eigenvalue weighted by Crippen LogP contribution is 2.50. The van der Waals surface area contributed by atoms with Gasteiger partial charge < -0.3 is 15.2 Å². The van der Waals surface area contributed by atoms with Gasteiger partial charge in [0.05, 0.1) is 0 Å². The molecule has 0 radical (unpaired) electrons. The molecule has 0 atom stereocenters. The second kappa shape index (κ2) is 8.18. The number of hydrogen-bond acceptors (Lipinski definition) is 5. The van der Waals surface area contributed by atoms with E-state index in [2.05, 4.69) is 4.99 Å². The number of alkyl halides is 4. The van der Waals surface area contributed by atoms with Crippen LogP contribution in [0.25, 0.3) is 0 Å². The lowest BCUT2D eigenvalue weighted by atomic mass is 9.80. The minimum absolute atomic E-state index is 0.00763. The summed E-state index contributed by atoms with van der Waals surface area (Å²) in [6.45, 7) is -5.96. The van der Waals surface area contributed by atoms with Crippen LogP contribution in [0.4, 0.5) is 17.6 Å². The molecule has 3 aliphatic rings. The van der Waals surface area contributed by atoms with Gasteiger partial charge in [-0.1, -0.05) is 12.1 Å². The summed E-state index contributed by atoms with van der Waals surface area (Å²) in [6, 6.07) is 9.23. The molecule has 0 saturated heterocycles. The van der Waals surface area contributed by atoms with Crippen molar-refractivity contribution < 1.29 is 31.8 Å². The normalized spacial score (nSPS) is 19.7. The summed E-state index contributed by atoms with van der Waals surface area (Å²) in [6.07, 6.45) is 3.28. The van der Waals surface area contributed by atoms with Crippen molar-refractivity contribution in [2.24, 2.45) is 10.7 Å². The minimum Gasteiger partial charge on any atom is -0.435 e. The molecule has 2 aliphatic carbocycles. The fourth-order valence-corrected chi connectivity index (χ4v) is 4.56. The number of carbonyl (C=O) groups is 1. The number of benzene rings is 2. The van der Waals surface area contributed by atoms with Crippen molar-refractivity contribution in [3.8, 4) is 11.5 Å². The first-order valence-electron chi connectivity index (χ1n) is 11.0. The number of likely N-dealkylation sites (N-methyl/N-ethyl adjacent to an activating group) is 1. The van der Waals surface area contributed by atoms with Crippen molar-refractivity contribution in [2.75, 3.05) is 7.05 Å². The molecule has 1 heterocycles. The lowest BCUT2D eigenvalue weighted by Gasteiger charge is -2.28. The zero-order valence-electron chi connectivity index (χ0n) is 18.3. The fourth-order valence-electron chi connectivity index (χ4n) is 4.56. The highest BCUT2D eigenvalue weighted by Gasteiger charge is 2.50. The Hall–Kier alpha value is -3.30. The number of halogens is 4. The summed E-state index contributed by atoms with van der Waals surface area (Å²) in [5.74, 6) is -0.223. The van der Waals surface area contributed by atoms with Gasteiger partial charge in [-0.3, -0.25) is 9.69 Å². The number of amides is 1. The Labute approximate surface area is 193 Å². The number of nitrogens with zero attached hydrogens (tertiary/aromatic N) is 2. The lowest BCUT2D eigenvalue weighted by Crippen LogP contribution is -2.41. The molecule has 180 valence electrons. The number of rotatable bonds is 8. The SMILES string of the molecule is CN1C(=O)C(c2ccc(OC(F)F)c(C3CC3)c2)(c2ccc(OC(F)F)c(C3CC3)c2)N=C1N. The highest BCUT2D eigenvalue weighted by atomic mass is 19.3. The molecule has 6 nitrogen and oxygen atoms in total. The van der Waals surface area contributed by atoms with Crippen LogP contribution in [-0.2, 0) is 10.3 Å². The van der Waals surface area contributed by atoms with Gasteiger partial charge >= 0.3 is 13.2 Å². The van der Waals surface area contributed by atoms with E-state index in [1.54, 1.807) is 12.1 Å². The third-order valence-corrected chi connectivity index (χ3v) is 6.56. The van der Waals surface area contributed by atoms with Crippen molar-refractivity contribution in [1.82, 2.24) is 4.90 Å². The summed E-state index contributed by atoms with van der Waals surface area (Å²) in [5, 5.41) is 0. The molecule has 1 aliphatic heterocycles. The zero-order valence-corrected chi connectivity index (χ0v) is 18.3. The van der Waals surface area contributed by atoms with Gasteiger partial charge in [0.15, 0.2) is 11.5 Å². The fraction of sp³-hybridized carbons (Fsp3) is 0.417. The molecule has 34 heavy (non-hydrogen) atoms. The molecule has 2 N–H and O–H groups in total. The van der Waals surface area contributed by atoms with Crippen LogP contribution in [0, 0.1) is 0 Å². The van der Waals surface area contributed by atoms with Crippen LogP contribution in [0.3, 0.4) is 0 Å². The van der Waals surface area contributed by atoms with E-state index in [0.29, 0.717) is 22.3 Å². The Morgan fingerprint density at radius 2 is 1.35 bits per heavy atom. The van der Waals surface area contributed by atoms with Crippen LogP contribution in [0.5, 0.6) is 11.5 Å². The number of guanidine groups is 1. The Kier molecular flexibility index (Phi) is 5.41. The molecule has 0 spiro atoms. The maximum atomic E-state index is 13.6. The summed E-state index contributed by atoms with van der Waals surface area (Å²) in [4.78, 5) is 19.3. The molecule has 2 fully saturated rings. The van der Waals surface area contributed by atoms with Gasteiger partial charge in [-0.05, 0) is 84.0 Å². The van der Waals surface area contributed by atoms with Gasteiger partial charge in [0.25, 0.3) is 5.91 Å². The van der Waals surface area contributed by atoms with Crippen LogP contribution in [-0.4, -0.2) is 37.0 Å². The minimum atomic E-state index is -2.98. The molecule has 0 unspecified atom stereocenters. The van der Waals surface area contributed by atoms with E-state index in [1.165, 1.54) is 36.2 Å². The summed E-state index contributed by atoms with van der Waals surface area (Å²) in [7, 11) is 1.50. The number of hydrogen-bond donors (Lipinski definition) is 1. The maximum absolute atomic E-state index is 13.6. The van der Waals surface area contributed by atoms with Gasteiger partial charge in [0.1, 0.15) is 11.5 Å². The average molecular weight is 477 g/mol. The smallest absolute Gasteiger partial charge is 0.387 e. The molecule has 10 heteroatoms. The van der Waals surface area contributed by atoms with Gasteiger partial charge in [-0.15, -0.1) is 0 Å². The van der Waals surface area contributed by atoms with Crippen molar-refractivity contribution in [3.05, 3.63) is 58.7 Å². The molecule has 0 bridgehead atoms. The second-order valence-electron chi connectivity index (χ2n) is 8.86. The Bertz CT molecular complexity index is 1090. The molecule has 2 aromatic carbocycles. The van der Waals surface area contributed by atoms with Crippen LogP contribution in [0.2, 0.25) is 0 Å². The van der Waals surface area contributed by atoms with E-state index < -0.39 is 24.7 Å². The monoisotopic (exact) mass is 477 g/mol. The molecular weight excluding hydrogens is 454 g/mol. The van der Waals surface area contributed by atoms with Crippen molar-refractivity contribution in [2.45, 2.75) is 56.3 Å². The van der Waals surface area contributed by atoms with Gasteiger partial charge in [0, 0.05) is 7.05 Å². The number of ether oxygens (including phenoxy) is 2. The van der Waals surface area contributed by atoms with E-state index in [-0.39, 0.29) is 29.3 Å². The van der Waals surface area contributed by atoms with Crippen LogP contribution >= 0.6 is 0 Å². The van der Waals surface area contributed by atoms with E-state index in [0.717, 1.165) is 25.7 Å². The van der Waals surface area contributed by atoms with Crippen LogP contribution in [0.1, 0.15) is 59.8 Å². The summed E-state index contributed by atoms with van der Waals surface area (Å²) >= 11 is 0. The van der Waals surface area contributed by atoms with Gasteiger partial charge in [-0.25, -0.2) is 4.99 Å². The van der Waals surface area contributed by atoms with E-state index in [4.69, 9.17) is 15.2 Å². The first kappa shape index (κ1) is 22.5. The third kappa shape index (κ3) is 3.84. The highest BCUT2D eigenvalue weighted by molar-refractivity contribution is 6.09. The first-order valence-corrected chi connectivity index (χ1v) is 11.0. The van der Waals surface area contributed by atoms with Crippen molar-refractivity contribution in [3.63, 3.8) is 0 Å². The van der Waals surface area contributed by atoms with Gasteiger partial charge in [0.2, 0.25) is 0 Å². The van der Waals surface area contributed by atoms with E-state index in [9.17, 15) is 22.4 Å². The average Bonchev–Trinajstić information content (AvgIpc) is 3.69. The standard InChI is InChI=1S/C24H23F4N3O3/c1-31-20(32)24(30-23(31)29,14-6-8-18(33-21(25)26)16(10-14)12-2-3-12)15-7-9-19(34-22(27)28)17(11-15)13-4-5-13/h6-13,21-22H,2-5H2,1H3,(H2,29,30). The van der Waals surface area contributed by atoms with Crippen LogP contribution < -0.4 is 15.2 Å². The molecule has 2 saturated carbocycles. The molecule has 0 aromatic heterocycles. The van der Waals surface area contributed by atoms with Crippen LogP contribution in [0.15, 0.2) is 41.4 Å².